The van der Waals surface area contributed by atoms with Gasteiger partial charge in [0.25, 0.3) is 5.56 Å². The predicted octanol–water partition coefficient (Wildman–Crippen LogP) is 4.46. The van der Waals surface area contributed by atoms with Crippen molar-refractivity contribution in [3.63, 3.8) is 0 Å². The quantitative estimate of drug-likeness (QED) is 0.866. The molecule has 0 amide bonds. The van der Waals surface area contributed by atoms with Crippen LogP contribution in [-0.2, 0) is 26.3 Å². The summed E-state index contributed by atoms with van der Waals surface area (Å²) in [5, 5.41) is 15.7. The van der Waals surface area contributed by atoms with Gasteiger partial charge in [-0.05, 0) is 42.9 Å². The standard InChI is InChI=1S/C18H22Cl2N2O2/c1-6-10-13(11(7-2)16(20)12(8-3)15(10)19)14-17(23)9(4)21-22(5)18(14)24/h23H,6-8H2,1-5H3. The Labute approximate surface area is 152 Å². The number of nitrogens with zero attached hydrogens (tertiary/aromatic N) is 2. The summed E-state index contributed by atoms with van der Waals surface area (Å²) in [6, 6.07) is 0. The maximum Gasteiger partial charge on any atom is 0.278 e. The van der Waals surface area contributed by atoms with Crippen molar-refractivity contribution in [3.8, 4) is 16.9 Å². The fourth-order valence-electron chi connectivity index (χ4n) is 3.13. The Bertz CT molecular complexity index is 826. The van der Waals surface area contributed by atoms with Crippen LogP contribution in [0.1, 0.15) is 43.2 Å². The maximum atomic E-state index is 12.7. The first-order chi connectivity index (χ1) is 11.3. The van der Waals surface area contributed by atoms with Gasteiger partial charge in [0.2, 0.25) is 0 Å². The smallest absolute Gasteiger partial charge is 0.278 e. The van der Waals surface area contributed by atoms with E-state index in [-0.39, 0.29) is 16.9 Å². The van der Waals surface area contributed by atoms with E-state index >= 15 is 0 Å². The summed E-state index contributed by atoms with van der Waals surface area (Å²) >= 11 is 13.2. The van der Waals surface area contributed by atoms with E-state index in [0.717, 1.165) is 16.7 Å². The Morgan fingerprint density at radius 1 is 0.958 bits per heavy atom. The van der Waals surface area contributed by atoms with Crippen molar-refractivity contribution in [2.45, 2.75) is 47.0 Å². The summed E-state index contributed by atoms with van der Waals surface area (Å²) in [6.45, 7) is 7.62. The van der Waals surface area contributed by atoms with E-state index in [9.17, 15) is 9.90 Å². The number of aromatic hydroxyl groups is 1. The molecule has 2 aromatic rings. The summed E-state index contributed by atoms with van der Waals surface area (Å²) in [7, 11) is 1.57. The van der Waals surface area contributed by atoms with Crippen LogP contribution in [0.2, 0.25) is 10.0 Å². The molecule has 24 heavy (non-hydrogen) atoms. The van der Waals surface area contributed by atoms with E-state index in [0.29, 0.717) is 40.6 Å². The van der Waals surface area contributed by atoms with E-state index in [1.54, 1.807) is 14.0 Å². The highest BCUT2D eigenvalue weighted by Crippen LogP contribution is 2.43. The van der Waals surface area contributed by atoms with Gasteiger partial charge < -0.3 is 5.11 Å². The summed E-state index contributed by atoms with van der Waals surface area (Å²) in [5.74, 6) is -0.112. The fraction of sp³-hybridized carbons (Fsp3) is 0.444. The minimum atomic E-state index is -0.362. The molecular formula is C18H22Cl2N2O2. The number of rotatable bonds is 4. The monoisotopic (exact) mass is 368 g/mol. The van der Waals surface area contributed by atoms with Crippen molar-refractivity contribution < 1.29 is 5.11 Å². The third-order valence-electron chi connectivity index (χ3n) is 4.36. The molecule has 1 aromatic carbocycles. The van der Waals surface area contributed by atoms with Gasteiger partial charge in [-0.15, -0.1) is 0 Å². The van der Waals surface area contributed by atoms with Crippen molar-refractivity contribution in [1.82, 2.24) is 9.78 Å². The van der Waals surface area contributed by atoms with Crippen LogP contribution < -0.4 is 5.56 Å². The number of aromatic nitrogens is 2. The zero-order valence-corrected chi connectivity index (χ0v) is 16.1. The first-order valence-electron chi connectivity index (χ1n) is 8.08. The van der Waals surface area contributed by atoms with Gasteiger partial charge in [0.15, 0.2) is 5.75 Å². The molecule has 0 saturated heterocycles. The van der Waals surface area contributed by atoms with Crippen molar-refractivity contribution in [1.29, 1.82) is 0 Å². The first kappa shape index (κ1) is 18.8. The van der Waals surface area contributed by atoms with Gasteiger partial charge in [0.05, 0.1) is 5.56 Å². The molecule has 0 unspecified atom stereocenters. The van der Waals surface area contributed by atoms with Crippen LogP contribution in [0.25, 0.3) is 11.1 Å². The molecular weight excluding hydrogens is 347 g/mol. The number of benzene rings is 1. The van der Waals surface area contributed by atoms with Crippen LogP contribution in [0, 0.1) is 6.92 Å². The van der Waals surface area contributed by atoms with Crippen LogP contribution in [0.4, 0.5) is 0 Å². The van der Waals surface area contributed by atoms with Crippen molar-refractivity contribution in [2.24, 2.45) is 7.05 Å². The second-order valence-corrected chi connectivity index (χ2v) is 6.49. The number of aryl methyl sites for hydroxylation is 2. The highest BCUT2D eigenvalue weighted by atomic mass is 35.5. The molecule has 0 saturated carbocycles. The van der Waals surface area contributed by atoms with Gasteiger partial charge in [-0.2, -0.15) is 5.10 Å². The molecule has 6 heteroatoms. The van der Waals surface area contributed by atoms with E-state index < -0.39 is 0 Å². The minimum Gasteiger partial charge on any atom is -0.505 e. The van der Waals surface area contributed by atoms with Crippen LogP contribution >= 0.6 is 23.2 Å². The fourth-order valence-corrected chi connectivity index (χ4v) is 4.09. The van der Waals surface area contributed by atoms with Gasteiger partial charge in [0, 0.05) is 22.7 Å². The minimum absolute atomic E-state index is 0.112. The third-order valence-corrected chi connectivity index (χ3v) is 5.27. The lowest BCUT2D eigenvalue weighted by atomic mass is 9.89. The molecule has 1 aromatic heterocycles. The van der Waals surface area contributed by atoms with Gasteiger partial charge in [0.1, 0.15) is 5.69 Å². The SMILES string of the molecule is CCc1c(Cl)c(CC)c(-c2c(O)c(C)nn(C)c2=O)c(CC)c1Cl. The number of halogens is 2. The van der Waals surface area contributed by atoms with E-state index in [1.807, 2.05) is 20.8 Å². The molecule has 0 radical (unpaired) electrons. The lowest BCUT2D eigenvalue weighted by Crippen LogP contribution is -2.23. The van der Waals surface area contributed by atoms with Crippen molar-refractivity contribution in [3.05, 3.63) is 42.8 Å². The summed E-state index contributed by atoms with van der Waals surface area (Å²) in [5.41, 5.74) is 3.47. The number of hydrogen-bond acceptors (Lipinski definition) is 3. The van der Waals surface area contributed by atoms with Crippen LogP contribution in [-0.4, -0.2) is 14.9 Å². The molecule has 0 aliphatic rings. The molecule has 0 aliphatic heterocycles. The second-order valence-electron chi connectivity index (χ2n) is 5.74. The molecule has 0 bridgehead atoms. The molecule has 0 aliphatic carbocycles. The molecule has 0 fully saturated rings. The van der Waals surface area contributed by atoms with E-state index in [1.165, 1.54) is 4.68 Å². The normalized spacial score (nSPS) is 11.1. The molecule has 1 N–H and O–H groups in total. The molecule has 0 spiro atoms. The third kappa shape index (κ3) is 2.82. The van der Waals surface area contributed by atoms with Crippen LogP contribution in [0.5, 0.6) is 5.75 Å². The average Bonchev–Trinajstić information content (AvgIpc) is 2.54. The Hall–Kier alpha value is -1.52. The average molecular weight is 369 g/mol. The van der Waals surface area contributed by atoms with E-state index in [4.69, 9.17) is 23.2 Å². The molecule has 1 heterocycles. The summed E-state index contributed by atoms with van der Waals surface area (Å²) < 4.78 is 1.23. The van der Waals surface area contributed by atoms with Crippen LogP contribution in [0.3, 0.4) is 0 Å². The number of hydrogen-bond donors (Lipinski definition) is 1. The van der Waals surface area contributed by atoms with Crippen LogP contribution in [0.15, 0.2) is 4.79 Å². The van der Waals surface area contributed by atoms with Gasteiger partial charge in [-0.25, -0.2) is 4.68 Å². The van der Waals surface area contributed by atoms with Crippen molar-refractivity contribution >= 4 is 23.2 Å². The lowest BCUT2D eigenvalue weighted by molar-refractivity contribution is 0.460. The van der Waals surface area contributed by atoms with Gasteiger partial charge in [-0.1, -0.05) is 44.0 Å². The molecule has 2 rings (SSSR count). The highest BCUT2D eigenvalue weighted by Gasteiger charge is 2.25. The van der Waals surface area contributed by atoms with Crippen molar-refractivity contribution in [2.75, 3.05) is 0 Å². The Kier molecular flexibility index (Phi) is 5.61. The largest absolute Gasteiger partial charge is 0.505 e. The summed E-state index contributed by atoms with van der Waals surface area (Å²) in [6.07, 6.45) is 1.97. The Morgan fingerprint density at radius 3 is 1.83 bits per heavy atom. The predicted molar refractivity (Wildman–Crippen MR) is 99.5 cm³/mol. The van der Waals surface area contributed by atoms with Gasteiger partial charge >= 0.3 is 0 Å². The second kappa shape index (κ2) is 7.16. The molecule has 130 valence electrons. The Morgan fingerprint density at radius 2 is 1.42 bits per heavy atom. The van der Waals surface area contributed by atoms with E-state index in [2.05, 4.69) is 5.10 Å². The zero-order valence-electron chi connectivity index (χ0n) is 14.6. The zero-order chi connectivity index (χ0) is 18.2. The maximum absolute atomic E-state index is 12.7. The lowest BCUT2D eigenvalue weighted by Gasteiger charge is -2.21. The molecule has 4 nitrogen and oxygen atoms in total. The van der Waals surface area contributed by atoms with Gasteiger partial charge in [-0.3, -0.25) is 4.79 Å². The highest BCUT2D eigenvalue weighted by molar-refractivity contribution is 6.37. The molecule has 0 atom stereocenters. The summed E-state index contributed by atoms with van der Waals surface area (Å²) in [4.78, 5) is 12.7. The topological polar surface area (TPSA) is 55.1 Å². The Balaban J connectivity index is 3.09. The first-order valence-corrected chi connectivity index (χ1v) is 8.84.